The van der Waals surface area contributed by atoms with Gasteiger partial charge in [0.25, 0.3) is 0 Å². The van der Waals surface area contributed by atoms with E-state index in [4.69, 9.17) is 4.74 Å². The average Bonchev–Trinajstić information content (AvgIpc) is 2.48. The number of hydrogen-bond acceptors (Lipinski definition) is 6. The van der Waals surface area contributed by atoms with E-state index in [1.807, 2.05) is 6.26 Å². The summed E-state index contributed by atoms with van der Waals surface area (Å²) in [6.07, 6.45) is 1.81. The van der Waals surface area contributed by atoms with Crippen molar-refractivity contribution in [2.24, 2.45) is 0 Å². The van der Waals surface area contributed by atoms with Crippen molar-refractivity contribution in [1.82, 2.24) is 10.2 Å². The highest BCUT2D eigenvalue weighted by Gasteiger charge is 2.14. The molecule has 0 radical (unpaired) electrons. The Balaban J connectivity index is 2.29. The number of methoxy groups -OCH3 is 1. The predicted molar refractivity (Wildman–Crippen MR) is 77.0 cm³/mol. The first-order valence-corrected chi connectivity index (χ1v) is 6.92. The van der Waals surface area contributed by atoms with E-state index in [9.17, 15) is 9.90 Å². The number of nitrogens with one attached hydrogen (secondary N) is 1. The lowest BCUT2D eigenvalue weighted by atomic mass is 10.2. The molecule has 7 heteroatoms. The van der Waals surface area contributed by atoms with Gasteiger partial charge >= 0.3 is 5.97 Å². The van der Waals surface area contributed by atoms with Gasteiger partial charge in [-0.3, -0.25) is 0 Å². The van der Waals surface area contributed by atoms with Gasteiger partial charge in [-0.25, -0.2) is 4.79 Å². The van der Waals surface area contributed by atoms with Crippen molar-refractivity contribution in [3.63, 3.8) is 0 Å². The van der Waals surface area contributed by atoms with Crippen molar-refractivity contribution in [3.05, 3.63) is 35.9 Å². The Hall–Kier alpha value is -2.28. The molecule has 0 amide bonds. The predicted octanol–water partition coefficient (Wildman–Crippen LogP) is 2.65. The summed E-state index contributed by atoms with van der Waals surface area (Å²) in [6, 6.07) is 8.58. The van der Waals surface area contributed by atoms with Gasteiger partial charge in [0.15, 0.2) is 5.82 Å². The zero-order valence-corrected chi connectivity index (χ0v) is 11.8. The lowest BCUT2D eigenvalue weighted by Crippen LogP contribution is -2.06. The molecule has 0 fully saturated rings. The normalized spacial score (nSPS) is 10.1. The maximum absolute atomic E-state index is 11.2. The van der Waals surface area contributed by atoms with E-state index in [0.717, 1.165) is 5.75 Å². The zero-order valence-electron chi connectivity index (χ0n) is 11.0. The van der Waals surface area contributed by atoms with Gasteiger partial charge in [0.1, 0.15) is 16.3 Å². The summed E-state index contributed by atoms with van der Waals surface area (Å²) < 4.78 is 5.06. The lowest BCUT2D eigenvalue weighted by molar-refractivity contribution is 0.0697. The Labute approximate surface area is 120 Å². The molecule has 2 aromatic rings. The van der Waals surface area contributed by atoms with Gasteiger partial charge < -0.3 is 15.2 Å². The molecular weight excluding hydrogens is 278 g/mol. The Bertz CT molecular complexity index is 617. The summed E-state index contributed by atoms with van der Waals surface area (Å²) in [6.45, 7) is 0. The van der Waals surface area contributed by atoms with Gasteiger partial charge in [-0.15, -0.1) is 22.0 Å². The van der Waals surface area contributed by atoms with Crippen LogP contribution in [-0.4, -0.2) is 34.6 Å². The molecule has 20 heavy (non-hydrogen) atoms. The molecule has 0 aliphatic carbocycles. The topological polar surface area (TPSA) is 84.3 Å². The van der Waals surface area contributed by atoms with Gasteiger partial charge in [0, 0.05) is 5.69 Å². The molecule has 2 rings (SSSR count). The van der Waals surface area contributed by atoms with Crippen LogP contribution in [0.3, 0.4) is 0 Å². The summed E-state index contributed by atoms with van der Waals surface area (Å²) in [5.41, 5.74) is 0.791. The van der Waals surface area contributed by atoms with Crippen LogP contribution in [0.5, 0.6) is 5.75 Å². The third-order valence-corrected chi connectivity index (χ3v) is 3.18. The first-order valence-electron chi connectivity index (χ1n) is 5.70. The molecule has 1 heterocycles. The second-order valence-electron chi connectivity index (χ2n) is 3.81. The van der Waals surface area contributed by atoms with Gasteiger partial charge in [0.05, 0.1) is 7.11 Å². The highest BCUT2D eigenvalue weighted by Crippen LogP contribution is 2.23. The minimum absolute atomic E-state index is 0.0835. The quantitative estimate of drug-likeness (QED) is 0.819. The van der Waals surface area contributed by atoms with Crippen molar-refractivity contribution in [1.29, 1.82) is 0 Å². The van der Waals surface area contributed by atoms with E-state index in [2.05, 4.69) is 15.5 Å². The minimum atomic E-state index is -1.05. The number of carboxylic acids is 1. The van der Waals surface area contributed by atoms with Gasteiger partial charge in [-0.05, 0) is 36.6 Å². The van der Waals surface area contributed by atoms with Crippen LogP contribution in [0.4, 0.5) is 11.5 Å². The number of aromatic nitrogens is 2. The highest BCUT2D eigenvalue weighted by molar-refractivity contribution is 7.98. The van der Waals surface area contributed by atoms with Crippen LogP contribution < -0.4 is 10.1 Å². The molecule has 0 saturated heterocycles. The average molecular weight is 291 g/mol. The number of rotatable bonds is 5. The number of benzene rings is 1. The fraction of sp³-hybridized carbons (Fsp3) is 0.154. The van der Waals surface area contributed by atoms with E-state index in [0.29, 0.717) is 10.7 Å². The lowest BCUT2D eigenvalue weighted by Gasteiger charge is -2.09. The molecule has 0 spiro atoms. The number of nitrogens with zero attached hydrogens (tertiary/aromatic N) is 2. The van der Waals surface area contributed by atoms with Gasteiger partial charge in [0.2, 0.25) is 0 Å². The smallest absolute Gasteiger partial charge is 0.339 e. The Morgan fingerprint density at radius 3 is 2.55 bits per heavy atom. The van der Waals surface area contributed by atoms with Crippen molar-refractivity contribution < 1.29 is 14.6 Å². The Morgan fingerprint density at radius 1 is 1.30 bits per heavy atom. The van der Waals surface area contributed by atoms with Crippen LogP contribution in [-0.2, 0) is 0 Å². The maximum Gasteiger partial charge on any atom is 0.339 e. The SMILES string of the molecule is COc1ccc(Nc2nnc(SC)cc2C(=O)O)cc1. The standard InChI is InChI=1S/C13H13N3O3S/c1-19-9-5-3-8(4-6-9)14-12-10(13(17)18)7-11(20-2)15-16-12/h3-7H,1-2H3,(H,14,16)(H,17,18). The maximum atomic E-state index is 11.2. The van der Waals surface area contributed by atoms with Crippen LogP contribution in [0.15, 0.2) is 35.4 Å². The van der Waals surface area contributed by atoms with Gasteiger partial charge in [-0.2, -0.15) is 0 Å². The number of anilines is 2. The van der Waals surface area contributed by atoms with Crippen molar-refractivity contribution in [2.75, 3.05) is 18.7 Å². The number of ether oxygens (including phenoxy) is 1. The molecule has 2 N–H and O–H groups in total. The summed E-state index contributed by atoms with van der Waals surface area (Å²) in [5, 5.41) is 20.6. The van der Waals surface area contributed by atoms with Crippen LogP contribution in [0.2, 0.25) is 0 Å². The molecule has 0 bridgehead atoms. The molecule has 0 saturated carbocycles. The largest absolute Gasteiger partial charge is 0.497 e. The Morgan fingerprint density at radius 2 is 2.00 bits per heavy atom. The highest BCUT2D eigenvalue weighted by atomic mass is 32.2. The fourth-order valence-corrected chi connectivity index (χ4v) is 1.90. The van der Waals surface area contributed by atoms with Crippen LogP contribution in [0.25, 0.3) is 0 Å². The summed E-state index contributed by atoms with van der Waals surface area (Å²) in [5.74, 6) is -0.121. The van der Waals surface area contributed by atoms with E-state index < -0.39 is 5.97 Å². The summed E-state index contributed by atoms with van der Waals surface area (Å²) in [7, 11) is 1.58. The van der Waals surface area contributed by atoms with Gasteiger partial charge in [-0.1, -0.05) is 0 Å². The number of aromatic carboxylic acids is 1. The number of hydrogen-bond donors (Lipinski definition) is 2. The molecule has 1 aromatic heterocycles. The second kappa shape index (κ2) is 6.25. The molecule has 0 atom stereocenters. The third-order valence-electron chi connectivity index (χ3n) is 2.56. The Kier molecular flexibility index (Phi) is 4.41. The molecule has 0 unspecified atom stereocenters. The van der Waals surface area contributed by atoms with Crippen LogP contribution in [0, 0.1) is 0 Å². The second-order valence-corrected chi connectivity index (χ2v) is 4.63. The monoisotopic (exact) mass is 291 g/mol. The summed E-state index contributed by atoms with van der Waals surface area (Å²) >= 11 is 1.34. The van der Waals surface area contributed by atoms with E-state index in [1.54, 1.807) is 31.4 Å². The van der Waals surface area contributed by atoms with Crippen molar-refractivity contribution in [2.45, 2.75) is 5.03 Å². The van der Waals surface area contributed by atoms with Crippen LogP contribution in [0.1, 0.15) is 10.4 Å². The number of thioether (sulfide) groups is 1. The molecule has 6 nitrogen and oxygen atoms in total. The first kappa shape index (κ1) is 14.1. The number of carbonyl (C=O) groups is 1. The van der Waals surface area contributed by atoms with E-state index in [1.165, 1.54) is 17.8 Å². The van der Waals surface area contributed by atoms with E-state index >= 15 is 0 Å². The molecule has 104 valence electrons. The third kappa shape index (κ3) is 3.18. The van der Waals surface area contributed by atoms with Crippen molar-refractivity contribution >= 4 is 29.2 Å². The number of carboxylic acid groups (broad SMARTS) is 1. The fourth-order valence-electron chi connectivity index (χ4n) is 1.54. The zero-order chi connectivity index (χ0) is 14.5. The molecule has 0 aliphatic heterocycles. The minimum Gasteiger partial charge on any atom is -0.497 e. The molecular formula is C13H13N3O3S. The van der Waals surface area contributed by atoms with E-state index in [-0.39, 0.29) is 11.4 Å². The summed E-state index contributed by atoms with van der Waals surface area (Å²) in [4.78, 5) is 11.2. The van der Waals surface area contributed by atoms with Crippen LogP contribution >= 0.6 is 11.8 Å². The van der Waals surface area contributed by atoms with Crippen molar-refractivity contribution in [3.8, 4) is 5.75 Å². The molecule has 1 aromatic carbocycles. The first-order chi connectivity index (χ1) is 9.63. The molecule has 0 aliphatic rings.